The molecule has 5 heterocycles. The maximum Gasteiger partial charge on any atom is 0.179 e. The number of hydrogen-bond donors (Lipinski definition) is 0. The lowest BCUT2D eigenvalue weighted by Gasteiger charge is -2.00. The van der Waals surface area contributed by atoms with Gasteiger partial charge in [-0.3, -0.25) is 4.68 Å². The van der Waals surface area contributed by atoms with Crippen molar-refractivity contribution in [3.05, 3.63) is 47.9 Å². The SMILES string of the molecule is Cn1cc(-c2ccc3nnn(Cc4nc5cccnc5s4)c3n2)cn1. The van der Waals surface area contributed by atoms with E-state index in [4.69, 9.17) is 4.98 Å². The summed E-state index contributed by atoms with van der Waals surface area (Å²) in [4.78, 5) is 14.6. The van der Waals surface area contributed by atoms with Gasteiger partial charge in [0, 0.05) is 25.0 Å². The van der Waals surface area contributed by atoms with Gasteiger partial charge in [0.1, 0.15) is 20.9 Å². The summed E-state index contributed by atoms with van der Waals surface area (Å²) < 4.78 is 3.53. The molecule has 0 fully saturated rings. The summed E-state index contributed by atoms with van der Waals surface area (Å²) in [5.41, 5.74) is 4.19. The minimum absolute atomic E-state index is 0.515. The van der Waals surface area contributed by atoms with Crippen molar-refractivity contribution < 1.29 is 0 Å². The van der Waals surface area contributed by atoms with Crippen LogP contribution in [0.15, 0.2) is 42.9 Å². The van der Waals surface area contributed by atoms with Crippen LogP contribution >= 0.6 is 11.3 Å². The maximum atomic E-state index is 4.71. The first-order chi connectivity index (χ1) is 12.3. The Kier molecular flexibility index (Phi) is 3.07. The molecule has 0 aromatic carbocycles. The third kappa shape index (κ3) is 2.45. The number of pyridine rings is 2. The second-order valence-electron chi connectivity index (χ2n) is 5.62. The summed E-state index contributed by atoms with van der Waals surface area (Å²) in [6, 6.07) is 7.70. The minimum atomic E-state index is 0.515. The summed E-state index contributed by atoms with van der Waals surface area (Å²) in [6.45, 7) is 0.515. The smallest absolute Gasteiger partial charge is 0.179 e. The number of aryl methyl sites for hydroxylation is 1. The number of rotatable bonds is 3. The van der Waals surface area contributed by atoms with Crippen molar-refractivity contribution in [3.8, 4) is 11.3 Å². The van der Waals surface area contributed by atoms with Gasteiger partial charge in [-0.2, -0.15) is 5.10 Å². The van der Waals surface area contributed by atoms with Crippen molar-refractivity contribution in [1.29, 1.82) is 0 Å². The molecule has 5 aromatic heterocycles. The fraction of sp³-hybridized carbons (Fsp3) is 0.125. The number of thiazole rings is 1. The Morgan fingerprint density at radius 2 is 2.08 bits per heavy atom. The van der Waals surface area contributed by atoms with E-state index in [0.717, 1.165) is 37.8 Å². The molecular formula is C16H12N8S. The largest absolute Gasteiger partial charge is 0.275 e. The first-order valence-electron chi connectivity index (χ1n) is 7.66. The van der Waals surface area contributed by atoms with Crippen LogP contribution in [0.3, 0.4) is 0 Å². The highest BCUT2D eigenvalue weighted by atomic mass is 32.1. The minimum Gasteiger partial charge on any atom is -0.275 e. The number of aromatic nitrogens is 8. The Labute approximate surface area is 145 Å². The van der Waals surface area contributed by atoms with E-state index in [2.05, 4.69) is 25.4 Å². The van der Waals surface area contributed by atoms with E-state index in [1.807, 2.05) is 37.5 Å². The highest BCUT2D eigenvalue weighted by molar-refractivity contribution is 7.18. The van der Waals surface area contributed by atoms with E-state index in [9.17, 15) is 0 Å². The van der Waals surface area contributed by atoms with Gasteiger partial charge in [0.2, 0.25) is 0 Å². The fourth-order valence-corrected chi connectivity index (χ4v) is 3.57. The van der Waals surface area contributed by atoms with E-state index in [0.29, 0.717) is 6.54 Å². The molecule has 0 aliphatic heterocycles. The molecule has 0 radical (unpaired) electrons. The Morgan fingerprint density at radius 3 is 2.92 bits per heavy atom. The molecule has 0 saturated carbocycles. The van der Waals surface area contributed by atoms with Gasteiger partial charge in [-0.15, -0.1) is 5.10 Å². The van der Waals surface area contributed by atoms with Crippen LogP contribution < -0.4 is 0 Å². The zero-order chi connectivity index (χ0) is 16.8. The molecule has 9 heteroatoms. The molecule has 0 aliphatic rings. The van der Waals surface area contributed by atoms with Crippen LogP contribution in [0.2, 0.25) is 0 Å². The molecule has 25 heavy (non-hydrogen) atoms. The second-order valence-corrected chi connectivity index (χ2v) is 6.69. The van der Waals surface area contributed by atoms with Crippen molar-refractivity contribution in [2.24, 2.45) is 7.05 Å². The number of nitrogens with zero attached hydrogens (tertiary/aromatic N) is 8. The van der Waals surface area contributed by atoms with Crippen LogP contribution in [0.1, 0.15) is 5.01 Å². The highest BCUT2D eigenvalue weighted by Gasteiger charge is 2.12. The van der Waals surface area contributed by atoms with Gasteiger partial charge >= 0.3 is 0 Å². The van der Waals surface area contributed by atoms with Gasteiger partial charge in [0.25, 0.3) is 0 Å². The van der Waals surface area contributed by atoms with E-state index in [1.54, 1.807) is 33.1 Å². The zero-order valence-corrected chi connectivity index (χ0v) is 14.1. The summed E-state index contributed by atoms with van der Waals surface area (Å²) in [5.74, 6) is 0. The normalized spacial score (nSPS) is 11.6. The third-order valence-electron chi connectivity index (χ3n) is 3.86. The average molecular weight is 348 g/mol. The van der Waals surface area contributed by atoms with Crippen molar-refractivity contribution in [2.75, 3.05) is 0 Å². The Hall–Kier alpha value is -3.20. The first kappa shape index (κ1) is 14.2. The molecule has 122 valence electrons. The molecule has 0 amide bonds. The van der Waals surface area contributed by atoms with Crippen LogP contribution in [0, 0.1) is 0 Å². The van der Waals surface area contributed by atoms with Crippen molar-refractivity contribution in [3.63, 3.8) is 0 Å². The third-order valence-corrected chi connectivity index (χ3v) is 4.82. The lowest BCUT2D eigenvalue weighted by molar-refractivity contribution is 0.662. The van der Waals surface area contributed by atoms with Gasteiger partial charge in [-0.05, 0) is 24.3 Å². The number of fused-ring (bicyclic) bond motifs is 2. The summed E-state index contributed by atoms with van der Waals surface area (Å²) in [5, 5.41) is 13.6. The van der Waals surface area contributed by atoms with Crippen LogP contribution in [0.4, 0.5) is 0 Å². The van der Waals surface area contributed by atoms with E-state index in [1.165, 1.54) is 0 Å². The van der Waals surface area contributed by atoms with Crippen molar-refractivity contribution in [2.45, 2.75) is 6.54 Å². The Bertz CT molecular complexity index is 1170. The standard InChI is InChI=1S/C16H12N8S/c1-23-8-10(7-18-23)11-4-5-12-15(20-11)24(22-21-12)9-14-19-13-3-2-6-17-16(13)25-14/h2-8H,9H2,1H3. The zero-order valence-electron chi connectivity index (χ0n) is 13.2. The molecule has 0 unspecified atom stereocenters. The predicted molar refractivity (Wildman–Crippen MR) is 94.0 cm³/mol. The van der Waals surface area contributed by atoms with Crippen LogP contribution in [0.5, 0.6) is 0 Å². The van der Waals surface area contributed by atoms with E-state index in [-0.39, 0.29) is 0 Å². The molecule has 0 atom stereocenters. The molecule has 0 spiro atoms. The summed E-state index contributed by atoms with van der Waals surface area (Å²) in [6.07, 6.45) is 5.50. The Balaban J connectivity index is 1.56. The second kappa shape index (κ2) is 5.42. The molecule has 0 N–H and O–H groups in total. The summed E-state index contributed by atoms with van der Waals surface area (Å²) in [7, 11) is 1.88. The Morgan fingerprint density at radius 1 is 1.12 bits per heavy atom. The quantitative estimate of drug-likeness (QED) is 0.497. The summed E-state index contributed by atoms with van der Waals surface area (Å²) >= 11 is 1.56. The van der Waals surface area contributed by atoms with Gasteiger partial charge in [-0.25, -0.2) is 19.6 Å². The lowest BCUT2D eigenvalue weighted by atomic mass is 10.2. The van der Waals surface area contributed by atoms with Crippen LogP contribution in [-0.4, -0.2) is 39.7 Å². The molecule has 0 aliphatic carbocycles. The lowest BCUT2D eigenvalue weighted by Crippen LogP contribution is -2.02. The number of hydrogen-bond acceptors (Lipinski definition) is 7. The molecule has 8 nitrogen and oxygen atoms in total. The van der Waals surface area contributed by atoms with Gasteiger partial charge < -0.3 is 0 Å². The van der Waals surface area contributed by atoms with Crippen molar-refractivity contribution >= 4 is 32.8 Å². The average Bonchev–Trinajstić information content (AvgIpc) is 3.33. The fourth-order valence-electron chi connectivity index (χ4n) is 2.68. The van der Waals surface area contributed by atoms with Gasteiger partial charge in [0.15, 0.2) is 5.65 Å². The topological polar surface area (TPSA) is 87.2 Å². The molecule has 0 saturated heterocycles. The maximum absolute atomic E-state index is 4.71. The van der Waals surface area contributed by atoms with Crippen molar-refractivity contribution in [1.82, 2.24) is 39.7 Å². The molecule has 0 bridgehead atoms. The molecular weight excluding hydrogens is 336 g/mol. The van der Waals surface area contributed by atoms with Crippen LogP contribution in [0.25, 0.3) is 32.8 Å². The van der Waals surface area contributed by atoms with E-state index < -0.39 is 0 Å². The molecule has 5 aromatic rings. The highest BCUT2D eigenvalue weighted by Crippen LogP contribution is 2.22. The van der Waals surface area contributed by atoms with Gasteiger partial charge in [0.05, 0.1) is 18.4 Å². The first-order valence-corrected chi connectivity index (χ1v) is 8.47. The van der Waals surface area contributed by atoms with Crippen LogP contribution in [-0.2, 0) is 13.6 Å². The van der Waals surface area contributed by atoms with Gasteiger partial charge in [-0.1, -0.05) is 16.6 Å². The molecule has 5 rings (SSSR count). The monoisotopic (exact) mass is 348 g/mol. The van der Waals surface area contributed by atoms with E-state index >= 15 is 0 Å². The predicted octanol–water partition coefficient (Wildman–Crippen LogP) is 2.28.